The standard InChI is InChI=1S/C23H20N4O/c28-23(17-7-3-1-4-8-17)24-18-11-12-21-20(15-18)25-22-16-26(13-14-27(21)22)19-9-5-2-6-10-19/h1-12,15H,13-14,16H2,(H,24,28). The SMILES string of the molecule is O=C(Nc1ccc2c(c1)nc1n2CCN(c2ccccc2)C1)c1ccccc1. The van der Waals surface area contributed by atoms with Crippen LogP contribution in [0.4, 0.5) is 11.4 Å². The van der Waals surface area contributed by atoms with E-state index in [2.05, 4.69) is 39.0 Å². The van der Waals surface area contributed by atoms with Gasteiger partial charge in [-0.3, -0.25) is 4.79 Å². The number of amides is 1. The van der Waals surface area contributed by atoms with Gasteiger partial charge < -0.3 is 14.8 Å². The van der Waals surface area contributed by atoms with Crippen LogP contribution in [0.15, 0.2) is 78.9 Å². The number of anilines is 2. The molecular weight excluding hydrogens is 348 g/mol. The molecule has 0 fully saturated rings. The average Bonchev–Trinajstić information content (AvgIpc) is 3.12. The first-order valence-electron chi connectivity index (χ1n) is 9.43. The number of benzene rings is 3. The van der Waals surface area contributed by atoms with Crippen LogP contribution >= 0.6 is 0 Å². The summed E-state index contributed by atoms with van der Waals surface area (Å²) in [6, 6.07) is 25.6. The van der Waals surface area contributed by atoms with E-state index in [1.165, 1.54) is 5.69 Å². The molecule has 0 radical (unpaired) electrons. The van der Waals surface area contributed by atoms with Crippen LogP contribution in [-0.2, 0) is 13.1 Å². The second-order valence-corrected chi connectivity index (χ2v) is 6.96. The second-order valence-electron chi connectivity index (χ2n) is 6.96. The van der Waals surface area contributed by atoms with Crippen molar-refractivity contribution in [3.05, 3.63) is 90.3 Å². The third kappa shape index (κ3) is 3.01. The van der Waals surface area contributed by atoms with Gasteiger partial charge in [0.1, 0.15) is 5.82 Å². The highest BCUT2D eigenvalue weighted by Crippen LogP contribution is 2.26. The van der Waals surface area contributed by atoms with Gasteiger partial charge in [-0.15, -0.1) is 0 Å². The molecule has 0 spiro atoms. The Labute approximate surface area is 163 Å². The summed E-state index contributed by atoms with van der Waals surface area (Å²) in [6.07, 6.45) is 0. The molecule has 5 heteroatoms. The first kappa shape index (κ1) is 16.6. The Kier molecular flexibility index (Phi) is 4.05. The van der Waals surface area contributed by atoms with Gasteiger partial charge in [-0.05, 0) is 42.5 Å². The Morgan fingerprint density at radius 2 is 1.64 bits per heavy atom. The molecule has 0 saturated heterocycles. The lowest BCUT2D eigenvalue weighted by atomic mass is 10.2. The molecule has 138 valence electrons. The largest absolute Gasteiger partial charge is 0.362 e. The van der Waals surface area contributed by atoms with Crippen LogP contribution in [0.2, 0.25) is 0 Å². The fourth-order valence-electron chi connectivity index (χ4n) is 3.75. The number of rotatable bonds is 3. The highest BCUT2D eigenvalue weighted by molar-refractivity contribution is 6.04. The Bertz CT molecular complexity index is 1140. The minimum absolute atomic E-state index is 0.112. The van der Waals surface area contributed by atoms with E-state index in [-0.39, 0.29) is 5.91 Å². The quantitative estimate of drug-likeness (QED) is 0.586. The molecule has 28 heavy (non-hydrogen) atoms. The Hall–Kier alpha value is -3.60. The molecule has 0 saturated carbocycles. The van der Waals surface area contributed by atoms with Crippen molar-refractivity contribution in [3.63, 3.8) is 0 Å². The minimum Gasteiger partial charge on any atom is -0.362 e. The lowest BCUT2D eigenvalue weighted by molar-refractivity contribution is 0.102. The van der Waals surface area contributed by atoms with E-state index < -0.39 is 0 Å². The van der Waals surface area contributed by atoms with Crippen molar-refractivity contribution in [3.8, 4) is 0 Å². The Morgan fingerprint density at radius 3 is 2.43 bits per heavy atom. The van der Waals surface area contributed by atoms with Crippen molar-refractivity contribution in [1.29, 1.82) is 0 Å². The summed E-state index contributed by atoms with van der Waals surface area (Å²) in [5.41, 5.74) is 4.65. The normalized spacial score (nSPS) is 13.4. The van der Waals surface area contributed by atoms with Gasteiger partial charge in [0.2, 0.25) is 0 Å². The second kappa shape index (κ2) is 6.85. The molecule has 5 rings (SSSR count). The topological polar surface area (TPSA) is 50.2 Å². The number of para-hydroxylation sites is 1. The summed E-state index contributed by atoms with van der Waals surface area (Å²) in [6.45, 7) is 2.63. The lowest BCUT2D eigenvalue weighted by Gasteiger charge is -2.29. The summed E-state index contributed by atoms with van der Waals surface area (Å²) < 4.78 is 2.28. The highest BCUT2D eigenvalue weighted by atomic mass is 16.1. The van der Waals surface area contributed by atoms with Gasteiger partial charge in [0.15, 0.2) is 0 Å². The first-order valence-corrected chi connectivity index (χ1v) is 9.43. The Balaban J connectivity index is 1.41. The smallest absolute Gasteiger partial charge is 0.255 e. The maximum atomic E-state index is 12.4. The minimum atomic E-state index is -0.112. The molecule has 4 aromatic rings. The molecule has 0 atom stereocenters. The number of hydrogen-bond acceptors (Lipinski definition) is 3. The molecule has 1 aromatic heterocycles. The zero-order valence-electron chi connectivity index (χ0n) is 15.4. The van der Waals surface area contributed by atoms with Crippen LogP contribution in [0.3, 0.4) is 0 Å². The molecule has 1 amide bonds. The van der Waals surface area contributed by atoms with E-state index in [0.717, 1.165) is 42.2 Å². The summed E-state index contributed by atoms with van der Waals surface area (Å²) in [7, 11) is 0. The van der Waals surface area contributed by atoms with E-state index >= 15 is 0 Å². The van der Waals surface area contributed by atoms with Crippen molar-refractivity contribution >= 4 is 28.3 Å². The number of nitrogens with one attached hydrogen (secondary N) is 1. The lowest BCUT2D eigenvalue weighted by Crippen LogP contribution is -2.33. The molecule has 1 N–H and O–H groups in total. The van der Waals surface area contributed by atoms with Crippen molar-refractivity contribution in [2.75, 3.05) is 16.8 Å². The molecule has 1 aliphatic rings. The maximum Gasteiger partial charge on any atom is 0.255 e. The number of aromatic nitrogens is 2. The third-order valence-corrected chi connectivity index (χ3v) is 5.17. The van der Waals surface area contributed by atoms with Gasteiger partial charge in [-0.25, -0.2) is 4.98 Å². The zero-order valence-corrected chi connectivity index (χ0v) is 15.4. The third-order valence-electron chi connectivity index (χ3n) is 5.17. The number of hydrogen-bond donors (Lipinski definition) is 1. The van der Waals surface area contributed by atoms with Gasteiger partial charge in [0.05, 0.1) is 17.6 Å². The monoisotopic (exact) mass is 368 g/mol. The number of nitrogens with zero attached hydrogens (tertiary/aromatic N) is 3. The van der Waals surface area contributed by atoms with Crippen molar-refractivity contribution < 1.29 is 4.79 Å². The summed E-state index contributed by atoms with van der Waals surface area (Å²) >= 11 is 0. The predicted octanol–water partition coefficient (Wildman–Crippen LogP) is 4.31. The van der Waals surface area contributed by atoms with E-state index in [1.807, 2.05) is 42.5 Å². The summed E-state index contributed by atoms with van der Waals surface area (Å²) in [5.74, 6) is 0.941. The predicted molar refractivity (Wildman–Crippen MR) is 112 cm³/mol. The number of imidazole rings is 1. The maximum absolute atomic E-state index is 12.4. The number of carbonyl (C=O) groups is 1. The molecule has 0 aliphatic carbocycles. The van der Waals surface area contributed by atoms with Gasteiger partial charge in [0, 0.05) is 30.0 Å². The molecule has 5 nitrogen and oxygen atoms in total. The number of fused-ring (bicyclic) bond motifs is 3. The zero-order chi connectivity index (χ0) is 18.9. The van der Waals surface area contributed by atoms with Crippen molar-refractivity contribution in [2.45, 2.75) is 13.1 Å². The first-order chi connectivity index (χ1) is 13.8. The fourth-order valence-corrected chi connectivity index (χ4v) is 3.75. The highest BCUT2D eigenvalue weighted by Gasteiger charge is 2.20. The Morgan fingerprint density at radius 1 is 0.893 bits per heavy atom. The fraction of sp³-hybridized carbons (Fsp3) is 0.130. The van der Waals surface area contributed by atoms with Gasteiger partial charge >= 0.3 is 0 Å². The van der Waals surface area contributed by atoms with E-state index in [0.29, 0.717) is 5.56 Å². The van der Waals surface area contributed by atoms with Crippen LogP contribution < -0.4 is 10.2 Å². The van der Waals surface area contributed by atoms with Crippen LogP contribution in [0.5, 0.6) is 0 Å². The van der Waals surface area contributed by atoms with E-state index in [1.54, 1.807) is 12.1 Å². The molecular formula is C23H20N4O. The van der Waals surface area contributed by atoms with E-state index in [4.69, 9.17) is 4.98 Å². The van der Waals surface area contributed by atoms with Crippen LogP contribution in [0, 0.1) is 0 Å². The van der Waals surface area contributed by atoms with E-state index in [9.17, 15) is 4.79 Å². The molecule has 3 aromatic carbocycles. The van der Waals surface area contributed by atoms with Crippen LogP contribution in [-0.4, -0.2) is 22.0 Å². The van der Waals surface area contributed by atoms with Gasteiger partial charge in [-0.1, -0.05) is 36.4 Å². The number of carbonyl (C=O) groups excluding carboxylic acids is 1. The van der Waals surface area contributed by atoms with Crippen LogP contribution in [0.1, 0.15) is 16.2 Å². The molecule has 0 unspecified atom stereocenters. The van der Waals surface area contributed by atoms with Crippen molar-refractivity contribution in [2.24, 2.45) is 0 Å². The molecule has 2 heterocycles. The summed E-state index contributed by atoms with van der Waals surface area (Å²) in [4.78, 5) is 19.6. The van der Waals surface area contributed by atoms with Crippen LogP contribution in [0.25, 0.3) is 11.0 Å². The summed E-state index contributed by atoms with van der Waals surface area (Å²) in [5, 5.41) is 2.97. The molecule has 0 bridgehead atoms. The molecule has 1 aliphatic heterocycles. The average molecular weight is 368 g/mol. The van der Waals surface area contributed by atoms with Gasteiger partial charge in [0.25, 0.3) is 5.91 Å². The van der Waals surface area contributed by atoms with Crippen molar-refractivity contribution in [1.82, 2.24) is 9.55 Å². The van der Waals surface area contributed by atoms with Gasteiger partial charge in [-0.2, -0.15) is 0 Å².